The quantitative estimate of drug-likeness (QED) is 0.106. The van der Waals surface area contributed by atoms with Crippen LogP contribution in [-0.2, 0) is 4.79 Å². The molecule has 0 fully saturated rings. The van der Waals surface area contributed by atoms with Crippen LogP contribution in [0.25, 0.3) is 24.3 Å². The number of anilines is 6. The van der Waals surface area contributed by atoms with Gasteiger partial charge in [-0.25, -0.2) is 0 Å². The fraction of sp³-hybridized carbons (Fsp3) is 0.0625. The second-order valence-corrected chi connectivity index (χ2v) is 12.7. The Morgan fingerprint density at radius 2 is 0.836 bits per heavy atom. The smallest absolute Gasteiger partial charge is 0.317 e. The molecule has 0 aliphatic rings. The molecule has 0 spiro atoms. The number of para-hydroxylation sites is 4. The summed E-state index contributed by atoms with van der Waals surface area (Å²) in [7, 11) is 0. The summed E-state index contributed by atoms with van der Waals surface area (Å²) in [5.74, 6) is -0.867. The van der Waals surface area contributed by atoms with Crippen LogP contribution in [-0.4, -0.2) is 27.7 Å². The van der Waals surface area contributed by atoms with Crippen molar-refractivity contribution >= 4 is 64.4 Å². The van der Waals surface area contributed by atoms with E-state index in [4.69, 9.17) is 9.84 Å². The lowest BCUT2D eigenvalue weighted by atomic mass is 10.1. The Kier molecular flexibility index (Phi) is 11.8. The molecule has 1 N–H and O–H groups in total. The van der Waals surface area contributed by atoms with E-state index < -0.39 is 5.97 Å². The summed E-state index contributed by atoms with van der Waals surface area (Å²) in [5.41, 5.74) is 9.73. The Balaban J connectivity index is 1.11. The van der Waals surface area contributed by atoms with E-state index in [2.05, 4.69) is 117 Å². The first kappa shape index (κ1) is 36.1. The molecule has 0 aliphatic carbocycles. The van der Waals surface area contributed by atoms with Crippen LogP contribution in [0.2, 0.25) is 0 Å². The van der Waals surface area contributed by atoms with Crippen molar-refractivity contribution in [1.29, 1.82) is 0 Å². The number of hydrogen-bond donors (Lipinski definition) is 1. The number of nitrogens with zero attached hydrogens (tertiary/aromatic N) is 4. The van der Waals surface area contributed by atoms with Gasteiger partial charge in [-0.15, -0.1) is 0 Å². The normalized spacial score (nSPS) is 11.1. The lowest BCUT2D eigenvalue weighted by Crippen LogP contribution is -2.09. The van der Waals surface area contributed by atoms with E-state index in [1.165, 1.54) is 0 Å². The number of aliphatic carboxylic acids is 1. The van der Waals surface area contributed by atoms with E-state index in [0.29, 0.717) is 17.8 Å². The van der Waals surface area contributed by atoms with E-state index in [1.54, 1.807) is 0 Å². The Morgan fingerprint density at radius 1 is 0.491 bits per heavy atom. The van der Waals surface area contributed by atoms with Crippen molar-refractivity contribution in [2.45, 2.75) is 12.8 Å². The highest BCUT2D eigenvalue weighted by Gasteiger charge is 2.13. The van der Waals surface area contributed by atoms with Gasteiger partial charge in [-0.05, 0) is 109 Å². The van der Waals surface area contributed by atoms with E-state index >= 15 is 0 Å². The van der Waals surface area contributed by atoms with Crippen molar-refractivity contribution in [3.8, 4) is 6.01 Å². The average molecular weight is 721 g/mol. The first-order valence-corrected chi connectivity index (χ1v) is 18.2. The van der Waals surface area contributed by atoms with Crippen LogP contribution in [0.15, 0.2) is 176 Å². The largest absolute Gasteiger partial charge is 0.481 e. The van der Waals surface area contributed by atoms with Crippen LogP contribution in [0.1, 0.15) is 35.4 Å². The molecule has 0 saturated carbocycles. The number of ether oxygens (including phenoxy) is 1. The summed E-state index contributed by atoms with van der Waals surface area (Å²) in [6.45, 7) is 0.199. The Hall–Kier alpha value is -7.25. The lowest BCUT2D eigenvalue weighted by molar-refractivity contribution is -0.137. The van der Waals surface area contributed by atoms with Crippen LogP contribution in [0.4, 0.5) is 34.1 Å². The molecule has 0 atom stereocenters. The molecule has 0 aliphatic heterocycles. The van der Waals surface area contributed by atoms with Gasteiger partial charge in [0.15, 0.2) is 0 Å². The molecule has 7 rings (SSSR count). The van der Waals surface area contributed by atoms with Gasteiger partial charge in [0.05, 0.1) is 18.0 Å². The van der Waals surface area contributed by atoms with E-state index in [1.807, 2.05) is 103 Å². The molecular formula is C48H40N4O3. The van der Waals surface area contributed by atoms with Gasteiger partial charge in [-0.3, -0.25) is 4.79 Å². The third kappa shape index (κ3) is 9.80. The molecule has 7 heteroatoms. The molecule has 270 valence electrons. The standard InChI is InChI=1S/C48H40N4O3/c53-47(54)22-13-35-55-48-49-39(29-23-37-25-31-45(32-26-37)51(41-14-5-1-6-15-41)42-16-7-2-8-17-42)36-40(50-48)30-24-38-27-33-46(34-28-38)52(43-18-9-3-10-19-43)44-20-11-4-12-21-44/h1-12,14-21,23-34,36H,13,22,35H2,(H,53,54)/b29-23+,30-24+. The minimum atomic E-state index is -0.867. The van der Waals surface area contributed by atoms with Crippen LogP contribution in [0, 0.1) is 0 Å². The zero-order valence-corrected chi connectivity index (χ0v) is 30.2. The van der Waals surface area contributed by atoms with Crippen LogP contribution < -0.4 is 14.5 Å². The van der Waals surface area contributed by atoms with Crippen LogP contribution >= 0.6 is 0 Å². The number of carbonyl (C=O) groups is 1. The highest BCUT2D eigenvalue weighted by molar-refractivity contribution is 5.80. The van der Waals surface area contributed by atoms with Crippen molar-refractivity contribution < 1.29 is 14.6 Å². The third-order valence-corrected chi connectivity index (χ3v) is 8.76. The first-order valence-electron chi connectivity index (χ1n) is 18.2. The average Bonchev–Trinajstić information content (AvgIpc) is 3.23. The maximum atomic E-state index is 11.1. The monoisotopic (exact) mass is 720 g/mol. The van der Waals surface area contributed by atoms with Gasteiger partial charge < -0.3 is 19.6 Å². The summed E-state index contributed by atoms with van der Waals surface area (Å²) in [6, 6.07) is 60.1. The third-order valence-electron chi connectivity index (χ3n) is 8.76. The zero-order valence-electron chi connectivity index (χ0n) is 30.2. The predicted octanol–water partition coefficient (Wildman–Crippen LogP) is 12.0. The molecule has 1 heterocycles. The maximum Gasteiger partial charge on any atom is 0.317 e. The van der Waals surface area contributed by atoms with Crippen molar-refractivity contribution in [2.24, 2.45) is 0 Å². The number of carboxylic acid groups (broad SMARTS) is 1. The molecule has 0 radical (unpaired) electrons. The Bertz CT molecular complexity index is 2100. The molecule has 0 unspecified atom stereocenters. The number of rotatable bonds is 15. The second-order valence-electron chi connectivity index (χ2n) is 12.7. The minimum Gasteiger partial charge on any atom is -0.481 e. The SMILES string of the molecule is O=C(O)CCCOc1nc(/C=C/c2ccc(N(c3ccccc3)c3ccccc3)cc2)cc(/C=C/c2ccc(N(c3ccccc3)c3ccccc3)cc2)n1. The van der Waals surface area contributed by atoms with Gasteiger partial charge >= 0.3 is 12.0 Å². The molecule has 7 nitrogen and oxygen atoms in total. The van der Waals surface area contributed by atoms with Crippen molar-refractivity contribution in [2.75, 3.05) is 16.4 Å². The Labute approximate surface area is 321 Å². The molecule has 0 amide bonds. The number of benzene rings is 6. The van der Waals surface area contributed by atoms with E-state index in [0.717, 1.165) is 45.3 Å². The summed E-state index contributed by atoms with van der Waals surface area (Å²) in [6.07, 6.45) is 8.24. The molecule has 7 aromatic rings. The van der Waals surface area contributed by atoms with E-state index in [9.17, 15) is 4.79 Å². The maximum absolute atomic E-state index is 11.1. The first-order chi connectivity index (χ1) is 27.1. The van der Waals surface area contributed by atoms with Gasteiger partial charge in [0.25, 0.3) is 0 Å². The van der Waals surface area contributed by atoms with Crippen LogP contribution in [0.3, 0.4) is 0 Å². The van der Waals surface area contributed by atoms with Gasteiger partial charge in [0.2, 0.25) is 0 Å². The summed E-state index contributed by atoms with van der Waals surface area (Å²) in [4.78, 5) is 24.7. The Morgan fingerprint density at radius 3 is 1.18 bits per heavy atom. The molecule has 6 aromatic carbocycles. The summed E-state index contributed by atoms with van der Waals surface area (Å²) in [5, 5.41) is 9.07. The van der Waals surface area contributed by atoms with Crippen molar-refractivity contribution in [1.82, 2.24) is 9.97 Å². The van der Waals surface area contributed by atoms with Gasteiger partial charge in [-0.1, -0.05) is 109 Å². The summed E-state index contributed by atoms with van der Waals surface area (Å²) < 4.78 is 5.83. The van der Waals surface area contributed by atoms with Gasteiger partial charge in [0, 0.05) is 40.5 Å². The van der Waals surface area contributed by atoms with Gasteiger partial charge in [-0.2, -0.15) is 9.97 Å². The molecule has 1 aromatic heterocycles. The van der Waals surface area contributed by atoms with E-state index in [-0.39, 0.29) is 19.0 Å². The lowest BCUT2D eigenvalue weighted by Gasteiger charge is -2.25. The molecule has 55 heavy (non-hydrogen) atoms. The van der Waals surface area contributed by atoms with Crippen molar-refractivity contribution in [3.05, 3.63) is 198 Å². The highest BCUT2D eigenvalue weighted by atomic mass is 16.5. The number of hydrogen-bond acceptors (Lipinski definition) is 6. The number of aromatic nitrogens is 2. The fourth-order valence-electron chi connectivity index (χ4n) is 6.12. The van der Waals surface area contributed by atoms with Gasteiger partial charge in [0.1, 0.15) is 0 Å². The molecular weight excluding hydrogens is 681 g/mol. The fourth-order valence-corrected chi connectivity index (χ4v) is 6.12. The zero-order chi connectivity index (χ0) is 37.7. The van der Waals surface area contributed by atoms with Crippen molar-refractivity contribution in [3.63, 3.8) is 0 Å². The minimum absolute atomic E-state index is 0.0102. The molecule has 0 saturated heterocycles. The predicted molar refractivity (Wildman–Crippen MR) is 225 cm³/mol. The molecule has 0 bridgehead atoms. The second kappa shape index (κ2) is 18.0. The summed E-state index contributed by atoms with van der Waals surface area (Å²) >= 11 is 0. The highest BCUT2D eigenvalue weighted by Crippen LogP contribution is 2.35. The van der Waals surface area contributed by atoms with Crippen LogP contribution in [0.5, 0.6) is 6.01 Å². The number of carboxylic acids is 1. The topological polar surface area (TPSA) is 78.8 Å².